The lowest BCUT2D eigenvalue weighted by atomic mass is 10.1. The van der Waals surface area contributed by atoms with E-state index in [0.717, 1.165) is 0 Å². The zero-order valence-corrected chi connectivity index (χ0v) is 7.46. The molecule has 0 atom stereocenters. The highest BCUT2D eigenvalue weighted by molar-refractivity contribution is 5.83. The maximum absolute atomic E-state index is 2.22. The molecule has 0 bridgehead atoms. The molecular formula is C15H24. The van der Waals surface area contributed by atoms with Gasteiger partial charge >= 0.3 is 0 Å². The fraction of sp³-hybridized carbons (Fsp3) is 0.333. The molecule has 2 aromatic rings. The molecule has 0 aliphatic heterocycles. The van der Waals surface area contributed by atoms with E-state index in [2.05, 4.69) is 50.2 Å². The second-order valence-electron chi connectivity index (χ2n) is 3.35. The summed E-state index contributed by atoms with van der Waals surface area (Å²) in [5.74, 6) is 0. The topological polar surface area (TPSA) is 0 Å². The summed E-state index contributed by atoms with van der Waals surface area (Å²) in [4.78, 5) is 0. The van der Waals surface area contributed by atoms with Gasteiger partial charge < -0.3 is 0 Å². The molecule has 0 nitrogen and oxygen atoms in total. The maximum atomic E-state index is 2.22. The third-order valence-corrected chi connectivity index (χ3v) is 2.15. The van der Waals surface area contributed by atoms with Gasteiger partial charge in [-0.2, -0.15) is 0 Å². The van der Waals surface area contributed by atoms with E-state index in [0.29, 0.717) is 0 Å². The summed E-state index contributed by atoms with van der Waals surface area (Å²) in [6.45, 7) is 4.25. The van der Waals surface area contributed by atoms with Crippen LogP contribution in [0, 0.1) is 13.8 Å². The summed E-state index contributed by atoms with van der Waals surface area (Å²) >= 11 is 0. The van der Waals surface area contributed by atoms with Gasteiger partial charge in [0.15, 0.2) is 0 Å². The Morgan fingerprint density at radius 1 is 0.600 bits per heavy atom. The lowest BCUT2D eigenvalue weighted by Gasteiger charge is -1.99. The van der Waals surface area contributed by atoms with Crippen molar-refractivity contribution in [2.45, 2.75) is 36.1 Å². The van der Waals surface area contributed by atoms with Crippen LogP contribution in [-0.2, 0) is 0 Å². The number of rotatable bonds is 0. The van der Waals surface area contributed by atoms with Gasteiger partial charge in [0, 0.05) is 0 Å². The minimum atomic E-state index is 0. The van der Waals surface area contributed by atoms with Crippen molar-refractivity contribution in [2.75, 3.05) is 0 Å². The van der Waals surface area contributed by atoms with Crippen LogP contribution in [0.1, 0.15) is 33.4 Å². The van der Waals surface area contributed by atoms with E-state index in [-0.39, 0.29) is 22.3 Å². The van der Waals surface area contributed by atoms with Gasteiger partial charge in [0.25, 0.3) is 0 Å². The zero-order chi connectivity index (χ0) is 8.55. The van der Waals surface area contributed by atoms with Crippen molar-refractivity contribution >= 4 is 10.8 Å². The van der Waals surface area contributed by atoms with Crippen LogP contribution in [0.3, 0.4) is 0 Å². The van der Waals surface area contributed by atoms with Crippen LogP contribution in [0.25, 0.3) is 10.8 Å². The SMILES string of the molecule is C.C.C.Cc1ccc2cc(C)ccc2c1. The predicted octanol–water partition coefficient (Wildman–Crippen LogP) is 5.36. The first kappa shape index (κ1) is 16.1. The molecule has 0 amide bonds. The van der Waals surface area contributed by atoms with Crippen LogP contribution < -0.4 is 0 Å². The molecule has 0 radical (unpaired) electrons. The van der Waals surface area contributed by atoms with E-state index < -0.39 is 0 Å². The summed E-state index contributed by atoms with van der Waals surface area (Å²) in [5, 5.41) is 2.67. The fourth-order valence-electron chi connectivity index (χ4n) is 1.48. The standard InChI is InChI=1S/C12H12.3CH4/c1-9-3-5-12-8-10(2)4-6-11(12)7-9;;;/h3-8H,1-2H3;3*1H4. The first-order valence-electron chi connectivity index (χ1n) is 4.23. The maximum Gasteiger partial charge on any atom is -0.0181 e. The molecule has 0 aliphatic carbocycles. The average molecular weight is 204 g/mol. The molecule has 0 aliphatic rings. The number of hydrogen-bond donors (Lipinski definition) is 0. The van der Waals surface area contributed by atoms with E-state index in [1.54, 1.807) is 0 Å². The molecule has 0 saturated heterocycles. The fourth-order valence-corrected chi connectivity index (χ4v) is 1.48. The Hall–Kier alpha value is -1.30. The van der Waals surface area contributed by atoms with Crippen molar-refractivity contribution in [3.63, 3.8) is 0 Å². The Labute approximate surface area is 95.0 Å². The van der Waals surface area contributed by atoms with Crippen molar-refractivity contribution in [1.82, 2.24) is 0 Å². The second-order valence-corrected chi connectivity index (χ2v) is 3.35. The van der Waals surface area contributed by atoms with E-state index in [9.17, 15) is 0 Å². The first-order chi connectivity index (χ1) is 5.75. The van der Waals surface area contributed by atoms with Gasteiger partial charge in [0.05, 0.1) is 0 Å². The van der Waals surface area contributed by atoms with E-state index in [1.807, 2.05) is 0 Å². The second kappa shape index (κ2) is 6.23. The summed E-state index contributed by atoms with van der Waals surface area (Å²) in [6, 6.07) is 13.1. The molecule has 0 heterocycles. The number of hydrogen-bond acceptors (Lipinski definition) is 0. The number of aryl methyl sites for hydroxylation is 2. The molecule has 15 heavy (non-hydrogen) atoms. The molecular weight excluding hydrogens is 180 g/mol. The molecule has 0 spiro atoms. The third-order valence-electron chi connectivity index (χ3n) is 2.15. The van der Waals surface area contributed by atoms with Crippen LogP contribution >= 0.6 is 0 Å². The molecule has 0 aromatic heterocycles. The Balaban J connectivity index is 0. The largest absolute Gasteiger partial charge is 0.0776 e. The monoisotopic (exact) mass is 204 g/mol. The van der Waals surface area contributed by atoms with Gasteiger partial charge in [-0.1, -0.05) is 69.8 Å². The van der Waals surface area contributed by atoms with Crippen LogP contribution in [0.2, 0.25) is 0 Å². The van der Waals surface area contributed by atoms with Crippen LogP contribution in [0.4, 0.5) is 0 Å². The van der Waals surface area contributed by atoms with Gasteiger partial charge in [-0.15, -0.1) is 0 Å². The Morgan fingerprint density at radius 3 is 1.27 bits per heavy atom. The van der Waals surface area contributed by atoms with Crippen molar-refractivity contribution in [3.05, 3.63) is 47.5 Å². The van der Waals surface area contributed by atoms with Crippen molar-refractivity contribution in [3.8, 4) is 0 Å². The molecule has 0 fully saturated rings. The zero-order valence-electron chi connectivity index (χ0n) is 7.46. The highest BCUT2D eigenvalue weighted by Crippen LogP contribution is 2.16. The van der Waals surface area contributed by atoms with Crippen molar-refractivity contribution in [1.29, 1.82) is 0 Å². The molecule has 0 N–H and O–H groups in total. The number of benzene rings is 2. The van der Waals surface area contributed by atoms with Gasteiger partial charge in [-0.3, -0.25) is 0 Å². The number of fused-ring (bicyclic) bond motifs is 1. The van der Waals surface area contributed by atoms with Gasteiger partial charge in [-0.05, 0) is 24.6 Å². The molecule has 0 saturated carbocycles. The predicted molar refractivity (Wildman–Crippen MR) is 73.6 cm³/mol. The van der Waals surface area contributed by atoms with E-state index in [1.165, 1.54) is 21.9 Å². The first-order valence-corrected chi connectivity index (χ1v) is 4.23. The summed E-state index contributed by atoms with van der Waals surface area (Å²) in [6.07, 6.45) is 0. The quantitative estimate of drug-likeness (QED) is 0.541. The lowest BCUT2D eigenvalue weighted by molar-refractivity contribution is 1.47. The molecule has 2 rings (SSSR count). The highest BCUT2D eigenvalue weighted by atomic mass is 14.0. The van der Waals surface area contributed by atoms with Gasteiger partial charge in [-0.25, -0.2) is 0 Å². The molecule has 0 heteroatoms. The van der Waals surface area contributed by atoms with Gasteiger partial charge in [0.1, 0.15) is 0 Å². The normalized spacial score (nSPS) is 8.40. The minimum absolute atomic E-state index is 0. The smallest absolute Gasteiger partial charge is 0.0181 e. The van der Waals surface area contributed by atoms with Crippen LogP contribution in [-0.4, -0.2) is 0 Å². The Kier molecular flexibility index (Phi) is 6.71. The third kappa shape index (κ3) is 3.39. The molecule has 84 valence electrons. The van der Waals surface area contributed by atoms with Crippen molar-refractivity contribution in [2.24, 2.45) is 0 Å². The summed E-state index contributed by atoms with van der Waals surface area (Å²) in [7, 11) is 0. The Bertz CT molecular complexity index is 372. The van der Waals surface area contributed by atoms with E-state index >= 15 is 0 Å². The summed E-state index contributed by atoms with van der Waals surface area (Å²) < 4.78 is 0. The average Bonchev–Trinajstić information content (AvgIpc) is 2.05. The van der Waals surface area contributed by atoms with Gasteiger partial charge in [0.2, 0.25) is 0 Å². The van der Waals surface area contributed by atoms with Crippen molar-refractivity contribution < 1.29 is 0 Å². The van der Waals surface area contributed by atoms with E-state index in [4.69, 9.17) is 0 Å². The molecule has 2 aromatic carbocycles. The van der Waals surface area contributed by atoms with Crippen LogP contribution in [0.5, 0.6) is 0 Å². The minimum Gasteiger partial charge on any atom is -0.0776 e. The lowest BCUT2D eigenvalue weighted by Crippen LogP contribution is -1.76. The molecule has 0 unspecified atom stereocenters. The highest BCUT2D eigenvalue weighted by Gasteiger charge is 1.92. The van der Waals surface area contributed by atoms with Crippen LogP contribution in [0.15, 0.2) is 36.4 Å². The summed E-state index contributed by atoms with van der Waals surface area (Å²) in [5.41, 5.74) is 2.65. The Morgan fingerprint density at radius 2 is 0.933 bits per heavy atom.